The lowest BCUT2D eigenvalue weighted by Gasteiger charge is -2.17. The average molecular weight is 508 g/mol. The summed E-state index contributed by atoms with van der Waals surface area (Å²) in [5.41, 5.74) is 2.00. The SMILES string of the molecule is CCOc1cccc(NC(=O)CC2SC(=Nc3ccc(OC)cc3)N(Cc3ccc(F)cc3)C2=O)c1. The molecule has 36 heavy (non-hydrogen) atoms. The van der Waals surface area contributed by atoms with Gasteiger partial charge in [-0.3, -0.25) is 14.5 Å². The summed E-state index contributed by atoms with van der Waals surface area (Å²) in [4.78, 5) is 32.3. The highest BCUT2D eigenvalue weighted by Crippen LogP contribution is 2.33. The van der Waals surface area contributed by atoms with Gasteiger partial charge in [-0.15, -0.1) is 0 Å². The van der Waals surface area contributed by atoms with Crippen LogP contribution in [-0.4, -0.2) is 40.8 Å². The Morgan fingerprint density at radius 1 is 1.08 bits per heavy atom. The van der Waals surface area contributed by atoms with Crippen LogP contribution in [0.3, 0.4) is 0 Å². The first-order valence-electron chi connectivity index (χ1n) is 11.4. The van der Waals surface area contributed by atoms with E-state index in [2.05, 4.69) is 10.3 Å². The number of halogens is 1. The topological polar surface area (TPSA) is 80.2 Å². The molecule has 1 aliphatic heterocycles. The number of amides is 2. The van der Waals surface area contributed by atoms with E-state index in [4.69, 9.17) is 9.47 Å². The lowest BCUT2D eigenvalue weighted by atomic mass is 10.2. The summed E-state index contributed by atoms with van der Waals surface area (Å²) >= 11 is 1.24. The number of thioether (sulfide) groups is 1. The van der Waals surface area contributed by atoms with Crippen molar-refractivity contribution in [1.29, 1.82) is 0 Å². The van der Waals surface area contributed by atoms with Crippen molar-refractivity contribution in [1.82, 2.24) is 4.90 Å². The first-order chi connectivity index (χ1) is 17.4. The number of hydrogen-bond donors (Lipinski definition) is 1. The van der Waals surface area contributed by atoms with Crippen molar-refractivity contribution in [3.05, 3.63) is 84.2 Å². The van der Waals surface area contributed by atoms with Crippen LogP contribution < -0.4 is 14.8 Å². The number of anilines is 1. The fourth-order valence-corrected chi connectivity index (χ4v) is 4.78. The van der Waals surface area contributed by atoms with Crippen LogP contribution in [-0.2, 0) is 16.1 Å². The fourth-order valence-electron chi connectivity index (χ4n) is 3.62. The monoisotopic (exact) mass is 507 g/mol. The molecule has 0 aromatic heterocycles. The second-order valence-corrected chi connectivity index (χ2v) is 9.13. The molecule has 1 fully saturated rings. The minimum absolute atomic E-state index is 0.0239. The van der Waals surface area contributed by atoms with Gasteiger partial charge in [0, 0.05) is 18.2 Å². The van der Waals surface area contributed by atoms with Gasteiger partial charge < -0.3 is 14.8 Å². The molecule has 0 aliphatic carbocycles. The van der Waals surface area contributed by atoms with Crippen LogP contribution in [0.1, 0.15) is 18.9 Å². The molecule has 0 spiro atoms. The van der Waals surface area contributed by atoms with Gasteiger partial charge in [-0.2, -0.15) is 0 Å². The lowest BCUT2D eigenvalue weighted by molar-refractivity contribution is -0.128. The van der Waals surface area contributed by atoms with E-state index < -0.39 is 5.25 Å². The minimum atomic E-state index is -0.641. The highest BCUT2D eigenvalue weighted by molar-refractivity contribution is 8.15. The van der Waals surface area contributed by atoms with Crippen LogP contribution >= 0.6 is 11.8 Å². The molecule has 2 amide bonds. The molecule has 0 saturated carbocycles. The van der Waals surface area contributed by atoms with Crippen LogP contribution in [0.25, 0.3) is 0 Å². The normalized spacial score (nSPS) is 16.3. The molecular weight excluding hydrogens is 481 g/mol. The molecule has 1 heterocycles. The molecule has 0 bridgehead atoms. The Kier molecular flexibility index (Phi) is 8.22. The quantitative estimate of drug-likeness (QED) is 0.420. The number of methoxy groups -OCH3 is 1. The van der Waals surface area contributed by atoms with E-state index in [0.717, 1.165) is 5.56 Å². The van der Waals surface area contributed by atoms with Crippen LogP contribution in [0.2, 0.25) is 0 Å². The molecule has 1 N–H and O–H groups in total. The van der Waals surface area contributed by atoms with Crippen molar-refractivity contribution in [2.45, 2.75) is 25.1 Å². The lowest BCUT2D eigenvalue weighted by Crippen LogP contribution is -2.33. The van der Waals surface area contributed by atoms with Crippen LogP contribution in [0.5, 0.6) is 11.5 Å². The van der Waals surface area contributed by atoms with Crippen LogP contribution in [0.15, 0.2) is 77.8 Å². The molecule has 1 atom stereocenters. The highest BCUT2D eigenvalue weighted by Gasteiger charge is 2.39. The molecule has 1 saturated heterocycles. The van der Waals surface area contributed by atoms with Gasteiger partial charge in [0.1, 0.15) is 22.6 Å². The van der Waals surface area contributed by atoms with E-state index in [1.54, 1.807) is 61.7 Å². The standard InChI is InChI=1S/C27H26FN3O4S/c1-3-35-23-6-4-5-21(15-23)29-25(32)16-24-26(33)31(17-18-7-9-19(28)10-8-18)27(36-24)30-20-11-13-22(34-2)14-12-20/h4-15,24H,3,16-17H2,1-2H3,(H,29,32). The first kappa shape index (κ1) is 25.2. The smallest absolute Gasteiger partial charge is 0.242 e. The maximum atomic E-state index is 13.4. The molecule has 0 radical (unpaired) electrons. The molecule has 3 aromatic carbocycles. The number of aliphatic imine (C=N–C) groups is 1. The molecule has 7 nitrogen and oxygen atoms in total. The summed E-state index contributed by atoms with van der Waals surface area (Å²) in [5.74, 6) is 0.480. The van der Waals surface area contributed by atoms with E-state index in [0.29, 0.717) is 34.6 Å². The third kappa shape index (κ3) is 6.42. The number of benzene rings is 3. The first-order valence-corrected chi connectivity index (χ1v) is 12.3. The number of carbonyl (C=O) groups is 2. The summed E-state index contributed by atoms with van der Waals surface area (Å²) in [6.45, 7) is 2.62. The number of amidine groups is 1. The van der Waals surface area contributed by atoms with Gasteiger partial charge >= 0.3 is 0 Å². The Hall–Kier alpha value is -3.85. The molecule has 4 rings (SSSR count). The summed E-state index contributed by atoms with van der Waals surface area (Å²) in [7, 11) is 1.58. The van der Waals surface area contributed by atoms with E-state index in [-0.39, 0.29) is 30.6 Å². The molecule has 3 aromatic rings. The van der Waals surface area contributed by atoms with Crippen LogP contribution in [0.4, 0.5) is 15.8 Å². The Morgan fingerprint density at radius 3 is 2.53 bits per heavy atom. The Morgan fingerprint density at radius 2 is 1.83 bits per heavy atom. The number of carbonyl (C=O) groups excluding carboxylic acids is 2. The third-order valence-corrected chi connectivity index (χ3v) is 6.55. The Labute approximate surface area is 213 Å². The maximum absolute atomic E-state index is 13.4. The van der Waals surface area contributed by atoms with Crippen molar-refractivity contribution in [2.75, 3.05) is 19.0 Å². The average Bonchev–Trinajstić information content (AvgIpc) is 3.15. The van der Waals surface area contributed by atoms with Crippen molar-refractivity contribution >= 4 is 40.1 Å². The van der Waals surface area contributed by atoms with Crippen molar-refractivity contribution < 1.29 is 23.5 Å². The maximum Gasteiger partial charge on any atom is 0.242 e. The molecule has 186 valence electrons. The zero-order valence-electron chi connectivity index (χ0n) is 19.9. The van der Waals surface area contributed by atoms with Gasteiger partial charge in [0.2, 0.25) is 11.8 Å². The zero-order chi connectivity index (χ0) is 25.5. The second kappa shape index (κ2) is 11.7. The van der Waals surface area contributed by atoms with Crippen LogP contribution in [0, 0.1) is 5.82 Å². The van der Waals surface area contributed by atoms with Crippen molar-refractivity contribution in [3.8, 4) is 11.5 Å². The number of nitrogens with one attached hydrogen (secondary N) is 1. The summed E-state index contributed by atoms with van der Waals surface area (Å²) < 4.78 is 24.1. The van der Waals surface area contributed by atoms with Gasteiger partial charge in [-0.1, -0.05) is 30.0 Å². The van der Waals surface area contributed by atoms with Gasteiger partial charge in [0.15, 0.2) is 5.17 Å². The largest absolute Gasteiger partial charge is 0.497 e. The Bertz CT molecular complexity index is 1250. The predicted molar refractivity (Wildman–Crippen MR) is 139 cm³/mol. The van der Waals surface area contributed by atoms with Crippen molar-refractivity contribution in [3.63, 3.8) is 0 Å². The number of rotatable bonds is 9. The summed E-state index contributed by atoms with van der Waals surface area (Å²) in [6.07, 6.45) is -0.0239. The summed E-state index contributed by atoms with van der Waals surface area (Å²) in [5, 5.41) is 2.67. The Balaban J connectivity index is 1.52. The van der Waals surface area contributed by atoms with E-state index in [9.17, 15) is 14.0 Å². The zero-order valence-corrected chi connectivity index (χ0v) is 20.8. The number of ether oxygens (including phenoxy) is 2. The highest BCUT2D eigenvalue weighted by atomic mass is 32.2. The summed E-state index contributed by atoms with van der Waals surface area (Å²) in [6, 6.07) is 20.2. The van der Waals surface area contributed by atoms with E-state index >= 15 is 0 Å². The number of hydrogen-bond acceptors (Lipinski definition) is 6. The van der Waals surface area contributed by atoms with Gasteiger partial charge in [0.25, 0.3) is 0 Å². The fraction of sp³-hybridized carbons (Fsp3) is 0.222. The molecule has 9 heteroatoms. The third-order valence-electron chi connectivity index (χ3n) is 5.37. The van der Waals surface area contributed by atoms with E-state index in [1.807, 2.05) is 13.0 Å². The van der Waals surface area contributed by atoms with Gasteiger partial charge in [-0.25, -0.2) is 9.38 Å². The number of nitrogens with zero attached hydrogens (tertiary/aromatic N) is 2. The minimum Gasteiger partial charge on any atom is -0.497 e. The molecule has 1 unspecified atom stereocenters. The molecule has 1 aliphatic rings. The second-order valence-electron chi connectivity index (χ2n) is 7.96. The van der Waals surface area contributed by atoms with Gasteiger partial charge in [-0.05, 0) is 61.0 Å². The van der Waals surface area contributed by atoms with Gasteiger partial charge in [0.05, 0.1) is 25.9 Å². The predicted octanol–water partition coefficient (Wildman–Crippen LogP) is 5.39. The van der Waals surface area contributed by atoms with E-state index in [1.165, 1.54) is 28.8 Å². The molecular formula is C27H26FN3O4S. The van der Waals surface area contributed by atoms with Crippen molar-refractivity contribution in [2.24, 2.45) is 4.99 Å².